The lowest BCUT2D eigenvalue weighted by molar-refractivity contribution is 0.275. The van der Waals surface area contributed by atoms with E-state index in [-0.39, 0.29) is 0 Å². The van der Waals surface area contributed by atoms with Gasteiger partial charge in [0.2, 0.25) is 0 Å². The van der Waals surface area contributed by atoms with Gasteiger partial charge in [-0.2, -0.15) is 0 Å². The third-order valence-corrected chi connectivity index (χ3v) is 4.69. The monoisotopic (exact) mass is 274 g/mol. The van der Waals surface area contributed by atoms with Crippen LogP contribution < -0.4 is 5.32 Å². The van der Waals surface area contributed by atoms with E-state index in [9.17, 15) is 0 Å². The molecule has 20 heavy (non-hydrogen) atoms. The first kappa shape index (κ1) is 15.5. The average molecular weight is 274 g/mol. The van der Waals surface area contributed by atoms with Crippen molar-refractivity contribution in [1.29, 1.82) is 0 Å². The van der Waals surface area contributed by atoms with Gasteiger partial charge in [0.05, 0.1) is 0 Å². The number of hydrogen-bond donors (Lipinski definition) is 1. The Morgan fingerprint density at radius 3 is 2.35 bits per heavy atom. The molecule has 112 valence electrons. The van der Waals surface area contributed by atoms with Crippen LogP contribution in [0.15, 0.2) is 18.2 Å². The molecule has 2 heteroatoms. The molecule has 1 saturated heterocycles. The second-order valence-corrected chi connectivity index (χ2v) is 6.81. The highest BCUT2D eigenvalue weighted by molar-refractivity contribution is 5.30. The Hall–Kier alpha value is -0.860. The summed E-state index contributed by atoms with van der Waals surface area (Å²) in [6.45, 7) is 12.7. The molecule has 0 amide bonds. The summed E-state index contributed by atoms with van der Waals surface area (Å²) in [4.78, 5) is 2.63. The van der Waals surface area contributed by atoms with Crippen molar-refractivity contribution in [1.82, 2.24) is 10.2 Å². The minimum absolute atomic E-state index is 0.444. The molecule has 0 radical (unpaired) electrons. The van der Waals surface area contributed by atoms with Gasteiger partial charge in [-0.25, -0.2) is 0 Å². The van der Waals surface area contributed by atoms with Crippen LogP contribution in [0, 0.1) is 25.7 Å². The van der Waals surface area contributed by atoms with Crippen molar-refractivity contribution < 1.29 is 0 Å². The van der Waals surface area contributed by atoms with Crippen molar-refractivity contribution in [3.05, 3.63) is 34.9 Å². The highest BCUT2D eigenvalue weighted by Gasteiger charge is 2.26. The number of likely N-dealkylation sites (tertiary alicyclic amines) is 1. The fourth-order valence-corrected chi connectivity index (χ4v) is 3.41. The third kappa shape index (κ3) is 3.83. The summed E-state index contributed by atoms with van der Waals surface area (Å²) in [5.74, 6) is 1.70. The Labute approximate surface area is 124 Å². The Kier molecular flexibility index (Phi) is 5.22. The predicted octanol–water partition coefficient (Wildman–Crippen LogP) is 3.54. The Balaban J connectivity index is 2.02. The Morgan fingerprint density at radius 1 is 1.20 bits per heavy atom. The molecule has 1 aromatic rings. The molecule has 1 fully saturated rings. The third-order valence-electron chi connectivity index (χ3n) is 4.69. The van der Waals surface area contributed by atoms with E-state index in [0.29, 0.717) is 6.04 Å². The van der Waals surface area contributed by atoms with E-state index in [1.165, 1.54) is 36.2 Å². The van der Waals surface area contributed by atoms with Crippen LogP contribution >= 0.6 is 0 Å². The first-order chi connectivity index (χ1) is 9.49. The average Bonchev–Trinajstić information content (AvgIpc) is 2.83. The lowest BCUT2D eigenvalue weighted by atomic mass is 9.95. The maximum atomic E-state index is 3.50. The molecule has 1 aromatic carbocycles. The van der Waals surface area contributed by atoms with E-state index in [0.717, 1.165) is 18.4 Å². The van der Waals surface area contributed by atoms with Gasteiger partial charge in [0.15, 0.2) is 0 Å². The molecule has 0 bridgehead atoms. The number of aryl methyl sites for hydroxylation is 2. The minimum atomic E-state index is 0.444. The molecule has 1 aliphatic rings. The molecular formula is C18H30N2. The summed E-state index contributed by atoms with van der Waals surface area (Å²) in [7, 11) is 2.08. The number of benzene rings is 1. The molecule has 2 atom stereocenters. The van der Waals surface area contributed by atoms with Crippen molar-refractivity contribution in [3.8, 4) is 0 Å². The predicted molar refractivity (Wildman–Crippen MR) is 87.1 cm³/mol. The molecule has 0 saturated carbocycles. The van der Waals surface area contributed by atoms with E-state index in [1.807, 2.05) is 0 Å². The number of rotatable bonds is 5. The second kappa shape index (κ2) is 6.73. The molecule has 0 aliphatic carbocycles. The van der Waals surface area contributed by atoms with Gasteiger partial charge in [0, 0.05) is 19.1 Å². The van der Waals surface area contributed by atoms with Crippen molar-refractivity contribution in [2.75, 3.05) is 26.7 Å². The normalized spacial score (nSPS) is 21.6. The topological polar surface area (TPSA) is 15.3 Å². The summed E-state index contributed by atoms with van der Waals surface area (Å²) in [6, 6.07) is 7.34. The van der Waals surface area contributed by atoms with Crippen LogP contribution in [0.25, 0.3) is 0 Å². The SMILES string of the molecule is CNC(CN1CCC(C(C)C)C1)c1cc(C)cc(C)c1. The number of likely N-dealkylation sites (N-methyl/N-ethyl adjacent to an activating group) is 1. The van der Waals surface area contributed by atoms with Crippen molar-refractivity contribution in [2.24, 2.45) is 11.8 Å². The minimum Gasteiger partial charge on any atom is -0.312 e. The van der Waals surface area contributed by atoms with E-state index >= 15 is 0 Å². The summed E-state index contributed by atoms with van der Waals surface area (Å²) >= 11 is 0. The standard InChI is InChI=1S/C18H30N2/c1-13(2)16-6-7-20(11-16)12-18(19-5)17-9-14(3)8-15(4)10-17/h8-10,13,16,18-19H,6-7,11-12H2,1-5H3. The van der Waals surface area contributed by atoms with Gasteiger partial charge in [-0.1, -0.05) is 43.2 Å². The number of nitrogens with one attached hydrogen (secondary N) is 1. The molecular weight excluding hydrogens is 244 g/mol. The van der Waals surface area contributed by atoms with E-state index in [1.54, 1.807) is 0 Å². The molecule has 1 N–H and O–H groups in total. The molecule has 0 spiro atoms. The van der Waals surface area contributed by atoms with Gasteiger partial charge in [-0.3, -0.25) is 0 Å². The molecule has 1 heterocycles. The zero-order chi connectivity index (χ0) is 14.7. The summed E-state index contributed by atoms with van der Waals surface area (Å²) in [5.41, 5.74) is 4.15. The van der Waals surface area contributed by atoms with E-state index < -0.39 is 0 Å². The van der Waals surface area contributed by atoms with Crippen molar-refractivity contribution in [3.63, 3.8) is 0 Å². The van der Waals surface area contributed by atoms with Gasteiger partial charge in [0.1, 0.15) is 0 Å². The number of hydrogen-bond acceptors (Lipinski definition) is 2. The Bertz CT molecular complexity index is 419. The van der Waals surface area contributed by atoms with Gasteiger partial charge < -0.3 is 10.2 Å². The van der Waals surface area contributed by atoms with Crippen LogP contribution in [0.2, 0.25) is 0 Å². The summed E-state index contributed by atoms with van der Waals surface area (Å²) < 4.78 is 0. The summed E-state index contributed by atoms with van der Waals surface area (Å²) in [5, 5.41) is 3.50. The van der Waals surface area contributed by atoms with Gasteiger partial charge in [-0.15, -0.1) is 0 Å². The van der Waals surface area contributed by atoms with Gasteiger partial charge in [-0.05, 0) is 51.3 Å². The zero-order valence-electron chi connectivity index (χ0n) is 13.7. The lowest BCUT2D eigenvalue weighted by Gasteiger charge is -2.25. The maximum absolute atomic E-state index is 3.50. The zero-order valence-corrected chi connectivity index (χ0v) is 13.7. The molecule has 1 aliphatic heterocycles. The van der Waals surface area contributed by atoms with E-state index in [4.69, 9.17) is 0 Å². The maximum Gasteiger partial charge on any atom is 0.0447 e. The molecule has 2 unspecified atom stereocenters. The van der Waals surface area contributed by atoms with E-state index in [2.05, 4.69) is 63.2 Å². The van der Waals surface area contributed by atoms with Crippen LogP contribution in [0.5, 0.6) is 0 Å². The Morgan fingerprint density at radius 2 is 1.85 bits per heavy atom. The highest BCUT2D eigenvalue weighted by Crippen LogP contribution is 2.26. The quantitative estimate of drug-likeness (QED) is 0.883. The van der Waals surface area contributed by atoms with Crippen molar-refractivity contribution in [2.45, 2.75) is 40.2 Å². The molecule has 0 aromatic heterocycles. The largest absolute Gasteiger partial charge is 0.312 e. The highest BCUT2D eigenvalue weighted by atomic mass is 15.2. The van der Waals surface area contributed by atoms with Crippen LogP contribution in [-0.2, 0) is 0 Å². The number of nitrogens with zero attached hydrogens (tertiary/aromatic N) is 1. The first-order valence-corrected chi connectivity index (χ1v) is 7.97. The second-order valence-electron chi connectivity index (χ2n) is 6.81. The van der Waals surface area contributed by atoms with Gasteiger partial charge >= 0.3 is 0 Å². The van der Waals surface area contributed by atoms with Crippen LogP contribution in [0.3, 0.4) is 0 Å². The lowest BCUT2D eigenvalue weighted by Crippen LogP contribution is -2.33. The summed E-state index contributed by atoms with van der Waals surface area (Å²) in [6.07, 6.45) is 1.36. The van der Waals surface area contributed by atoms with Gasteiger partial charge in [0.25, 0.3) is 0 Å². The smallest absolute Gasteiger partial charge is 0.0447 e. The van der Waals surface area contributed by atoms with Crippen LogP contribution in [0.1, 0.15) is 43.0 Å². The van der Waals surface area contributed by atoms with Crippen LogP contribution in [-0.4, -0.2) is 31.6 Å². The molecule has 2 rings (SSSR count). The van der Waals surface area contributed by atoms with Crippen molar-refractivity contribution >= 4 is 0 Å². The molecule has 2 nitrogen and oxygen atoms in total. The fraction of sp³-hybridized carbons (Fsp3) is 0.667. The fourth-order valence-electron chi connectivity index (χ4n) is 3.41. The van der Waals surface area contributed by atoms with Crippen LogP contribution in [0.4, 0.5) is 0 Å². The first-order valence-electron chi connectivity index (χ1n) is 7.97.